The first-order valence-corrected chi connectivity index (χ1v) is 13.3. The van der Waals surface area contributed by atoms with E-state index in [1.807, 2.05) is 6.92 Å². The predicted octanol–water partition coefficient (Wildman–Crippen LogP) is 2.07. The lowest BCUT2D eigenvalue weighted by Crippen LogP contribution is -2.45. The lowest BCUT2D eigenvalue weighted by Gasteiger charge is -2.36. The van der Waals surface area contributed by atoms with Crippen molar-refractivity contribution in [2.24, 2.45) is 5.41 Å². The molecule has 0 bridgehead atoms. The molecule has 0 saturated carbocycles. The molecule has 3 aromatic rings. The molecule has 0 spiro atoms. The van der Waals surface area contributed by atoms with E-state index in [-0.39, 0.29) is 32.2 Å². The normalized spacial score (nSPS) is 20.4. The number of nitrogens with zero attached hydrogens (tertiary/aromatic N) is 3. The summed E-state index contributed by atoms with van der Waals surface area (Å²) in [7, 11) is -3.34. The highest BCUT2D eigenvalue weighted by Gasteiger charge is 2.35. The summed E-state index contributed by atoms with van der Waals surface area (Å²) >= 11 is 0. The van der Waals surface area contributed by atoms with Gasteiger partial charge in [-0.05, 0) is 36.8 Å². The van der Waals surface area contributed by atoms with E-state index in [1.54, 1.807) is 24.4 Å². The molecule has 0 atom stereocenters. The molecule has 1 saturated heterocycles. The summed E-state index contributed by atoms with van der Waals surface area (Å²) in [6.07, 6.45) is 2.45. The summed E-state index contributed by atoms with van der Waals surface area (Å²) in [5, 5.41) is 12.1. The lowest BCUT2D eigenvalue weighted by atomic mass is 9.92. The molecule has 0 unspecified atom stereocenters. The Morgan fingerprint density at radius 3 is 2.58 bits per heavy atom. The molecular formula is C23H29FN6O5S. The molecule has 1 fully saturated rings. The molecular weight excluding hydrogens is 491 g/mol. The maximum atomic E-state index is 13.6. The van der Waals surface area contributed by atoms with Crippen LogP contribution in [-0.4, -0.2) is 72.6 Å². The Balaban J connectivity index is 1.60. The van der Waals surface area contributed by atoms with E-state index in [9.17, 15) is 12.8 Å². The third-order valence-corrected chi connectivity index (χ3v) is 6.19. The molecule has 13 heteroatoms. The summed E-state index contributed by atoms with van der Waals surface area (Å²) in [6, 6.07) is 7.66. The molecule has 4 N–H and O–H groups in total. The number of aromatic nitrogens is 4. The monoisotopic (exact) mass is 520 g/mol. The van der Waals surface area contributed by atoms with E-state index in [0.717, 1.165) is 6.26 Å². The van der Waals surface area contributed by atoms with Crippen LogP contribution in [0.15, 0.2) is 36.5 Å². The summed E-state index contributed by atoms with van der Waals surface area (Å²) in [5.74, 6) is 0.423. The van der Waals surface area contributed by atoms with Gasteiger partial charge in [0.1, 0.15) is 5.82 Å². The summed E-state index contributed by atoms with van der Waals surface area (Å²) in [6.45, 7) is 3.09. The summed E-state index contributed by atoms with van der Waals surface area (Å²) < 4.78 is 50.8. The number of nitrogens with one attached hydrogen (secondary N) is 3. The number of hydrogen-bond acceptors (Lipinski definition) is 9. The highest BCUT2D eigenvalue weighted by molar-refractivity contribution is 7.88. The molecule has 0 aliphatic carbocycles. The zero-order valence-corrected chi connectivity index (χ0v) is 20.8. The third-order valence-electron chi connectivity index (χ3n) is 5.52. The lowest BCUT2D eigenvalue weighted by molar-refractivity contribution is -0.231. The van der Waals surface area contributed by atoms with E-state index in [4.69, 9.17) is 19.6 Å². The predicted molar refractivity (Wildman–Crippen MR) is 131 cm³/mol. The van der Waals surface area contributed by atoms with Gasteiger partial charge in [0.2, 0.25) is 22.3 Å². The van der Waals surface area contributed by atoms with Gasteiger partial charge in [0.05, 0.1) is 36.6 Å². The third kappa shape index (κ3) is 6.62. The number of anilines is 1. The smallest absolute Gasteiger partial charge is 0.223 e. The Hall–Kier alpha value is -2.97. The van der Waals surface area contributed by atoms with E-state index in [0.29, 0.717) is 47.4 Å². The van der Waals surface area contributed by atoms with Crippen LogP contribution in [0, 0.1) is 11.2 Å². The summed E-state index contributed by atoms with van der Waals surface area (Å²) in [5.41, 5.74) is 1.77. The Kier molecular flexibility index (Phi) is 7.95. The first-order chi connectivity index (χ1) is 17.2. The van der Waals surface area contributed by atoms with Gasteiger partial charge in [-0.1, -0.05) is 6.92 Å². The van der Waals surface area contributed by atoms with E-state index in [1.165, 1.54) is 12.1 Å². The molecule has 2 aromatic heterocycles. The average Bonchev–Trinajstić information content (AvgIpc) is 3.29. The zero-order valence-electron chi connectivity index (χ0n) is 20.0. The highest BCUT2D eigenvalue weighted by Crippen LogP contribution is 2.35. The SMILES string of the molecule is CC1(CNS(C)(=O)=O)COC(c2nc(-c3ccc(F)cc3)c(-c3ccnc(NCCCO)n3)[nH]2)OC1. The van der Waals surface area contributed by atoms with Gasteiger partial charge in [-0.2, -0.15) is 0 Å². The second kappa shape index (κ2) is 11.0. The van der Waals surface area contributed by atoms with Gasteiger partial charge >= 0.3 is 0 Å². The maximum absolute atomic E-state index is 13.6. The van der Waals surface area contributed by atoms with E-state index in [2.05, 4.69) is 25.0 Å². The van der Waals surface area contributed by atoms with E-state index < -0.39 is 21.7 Å². The topological polar surface area (TPSA) is 151 Å². The number of imidazole rings is 1. The fourth-order valence-electron chi connectivity index (χ4n) is 3.58. The van der Waals surface area contributed by atoms with Crippen LogP contribution < -0.4 is 10.0 Å². The molecule has 36 heavy (non-hydrogen) atoms. The quantitative estimate of drug-likeness (QED) is 0.294. The minimum Gasteiger partial charge on any atom is -0.396 e. The van der Waals surface area contributed by atoms with Crippen LogP contribution in [0.4, 0.5) is 10.3 Å². The standard InChI is InChI=1S/C23H29FN6O5S/c1-23(12-27-36(2,32)33)13-34-21(35-14-23)20-29-18(15-4-6-16(24)7-5-15)19(30-20)17-8-10-26-22(28-17)25-9-3-11-31/h4-8,10,21,27,31H,3,9,11-14H2,1-2H3,(H,29,30)(H,25,26,28). The fraction of sp³-hybridized carbons (Fsp3) is 0.435. The fourth-order valence-corrected chi connectivity index (χ4v) is 4.19. The van der Waals surface area contributed by atoms with Gasteiger partial charge in [-0.15, -0.1) is 0 Å². The van der Waals surface area contributed by atoms with Gasteiger partial charge in [0.15, 0.2) is 5.82 Å². The number of aromatic amines is 1. The second-order valence-electron chi connectivity index (χ2n) is 8.98. The van der Waals surface area contributed by atoms with Crippen molar-refractivity contribution in [1.82, 2.24) is 24.7 Å². The van der Waals surface area contributed by atoms with Crippen LogP contribution in [0.1, 0.15) is 25.5 Å². The Morgan fingerprint density at radius 1 is 1.19 bits per heavy atom. The van der Waals surface area contributed by atoms with Crippen molar-refractivity contribution in [3.05, 3.63) is 48.2 Å². The number of hydrogen-bond donors (Lipinski definition) is 4. The zero-order chi connectivity index (χ0) is 25.8. The largest absolute Gasteiger partial charge is 0.396 e. The number of ether oxygens (including phenoxy) is 2. The maximum Gasteiger partial charge on any atom is 0.223 e. The van der Waals surface area contributed by atoms with Crippen LogP contribution in [0.2, 0.25) is 0 Å². The van der Waals surface area contributed by atoms with Gasteiger partial charge in [-0.3, -0.25) is 0 Å². The first kappa shape index (κ1) is 26.1. The van der Waals surface area contributed by atoms with Gasteiger partial charge < -0.3 is 24.9 Å². The second-order valence-corrected chi connectivity index (χ2v) is 10.8. The van der Waals surface area contributed by atoms with Crippen molar-refractivity contribution < 1.29 is 27.4 Å². The number of rotatable bonds is 10. The number of H-pyrrole nitrogens is 1. The number of halogens is 1. The van der Waals surface area contributed by atoms with Crippen LogP contribution in [0.3, 0.4) is 0 Å². The molecule has 4 rings (SSSR count). The van der Waals surface area contributed by atoms with Crippen LogP contribution in [0.5, 0.6) is 0 Å². The van der Waals surface area contributed by atoms with Gasteiger partial charge in [-0.25, -0.2) is 32.5 Å². The van der Waals surface area contributed by atoms with E-state index >= 15 is 0 Å². The van der Waals surface area contributed by atoms with Gasteiger partial charge in [0, 0.05) is 36.9 Å². The molecule has 1 aliphatic rings. The molecule has 0 radical (unpaired) electrons. The minimum atomic E-state index is -3.34. The highest BCUT2D eigenvalue weighted by atomic mass is 32.2. The van der Waals surface area contributed by atoms with Crippen LogP contribution in [0.25, 0.3) is 22.6 Å². The van der Waals surface area contributed by atoms with Crippen molar-refractivity contribution in [1.29, 1.82) is 0 Å². The number of benzene rings is 1. The molecule has 194 valence electrons. The average molecular weight is 521 g/mol. The van der Waals surface area contributed by atoms with Crippen molar-refractivity contribution >= 4 is 16.0 Å². The van der Waals surface area contributed by atoms with Crippen LogP contribution in [-0.2, 0) is 19.5 Å². The summed E-state index contributed by atoms with van der Waals surface area (Å²) in [4.78, 5) is 16.7. The number of aliphatic hydroxyl groups is 1. The Bertz CT molecular complexity index is 1280. The number of aliphatic hydroxyl groups excluding tert-OH is 1. The molecule has 11 nitrogen and oxygen atoms in total. The van der Waals surface area contributed by atoms with Crippen LogP contribution >= 0.6 is 0 Å². The van der Waals surface area contributed by atoms with Crippen molar-refractivity contribution in [3.8, 4) is 22.6 Å². The Morgan fingerprint density at radius 2 is 1.92 bits per heavy atom. The molecule has 0 amide bonds. The molecule has 1 aromatic carbocycles. The van der Waals surface area contributed by atoms with Crippen molar-refractivity contribution in [2.75, 3.05) is 44.5 Å². The van der Waals surface area contributed by atoms with Gasteiger partial charge in [0.25, 0.3) is 0 Å². The molecule has 3 heterocycles. The first-order valence-electron chi connectivity index (χ1n) is 11.4. The minimum absolute atomic E-state index is 0.0517. The number of sulfonamides is 1. The Labute approximate surface area is 208 Å². The van der Waals surface area contributed by atoms with Crippen molar-refractivity contribution in [3.63, 3.8) is 0 Å². The van der Waals surface area contributed by atoms with Crippen molar-refractivity contribution in [2.45, 2.75) is 19.6 Å². The molecule has 1 aliphatic heterocycles.